The molecule has 0 aromatic heterocycles. The number of anilines is 6. The number of nitrogens with zero attached hydrogens (tertiary/aromatic N) is 4. The SMILES string of the molecule is [C-]#[N+]c1cc(C)c(N(c2ccccc2)c2cc3c4cccc5c4c(cc3c3ccccc23)-c2ccc(N(c3ccccc3)c3c(C)cc(C#N)cc3C)cc2O5)c(C)c1. The Morgan fingerprint density at radius 3 is 1.73 bits per heavy atom. The maximum absolute atomic E-state index is 9.73. The van der Waals surface area contributed by atoms with Crippen molar-refractivity contribution < 1.29 is 4.74 Å². The zero-order valence-electron chi connectivity index (χ0n) is 33.2. The molecule has 0 radical (unpaired) electrons. The van der Waals surface area contributed by atoms with Gasteiger partial charge in [-0.1, -0.05) is 84.9 Å². The van der Waals surface area contributed by atoms with Crippen LogP contribution in [-0.2, 0) is 0 Å². The first-order chi connectivity index (χ1) is 28.8. The molecule has 9 aromatic rings. The quantitative estimate of drug-likeness (QED) is 0.125. The lowest BCUT2D eigenvalue weighted by molar-refractivity contribution is 0.487. The largest absolute Gasteiger partial charge is 0.456 e. The first-order valence-corrected chi connectivity index (χ1v) is 19.8. The lowest BCUT2D eigenvalue weighted by Crippen LogP contribution is -2.14. The van der Waals surface area contributed by atoms with Crippen LogP contribution in [0.1, 0.15) is 27.8 Å². The van der Waals surface area contributed by atoms with Crippen molar-refractivity contribution in [3.05, 3.63) is 197 Å². The van der Waals surface area contributed by atoms with E-state index in [0.717, 1.165) is 106 Å². The average molecular weight is 759 g/mol. The van der Waals surface area contributed by atoms with Gasteiger partial charge in [0.05, 0.1) is 29.6 Å². The highest BCUT2D eigenvalue weighted by atomic mass is 16.5. The lowest BCUT2D eigenvalue weighted by atomic mass is 9.88. The van der Waals surface area contributed by atoms with Crippen LogP contribution in [0.3, 0.4) is 0 Å². The molecule has 0 N–H and O–H groups in total. The summed E-state index contributed by atoms with van der Waals surface area (Å²) in [6.45, 7) is 16.1. The van der Waals surface area contributed by atoms with Crippen LogP contribution in [0.5, 0.6) is 11.5 Å². The highest BCUT2D eigenvalue weighted by molar-refractivity contribution is 6.25. The monoisotopic (exact) mass is 758 g/mol. The summed E-state index contributed by atoms with van der Waals surface area (Å²) in [5, 5.41) is 16.5. The van der Waals surface area contributed by atoms with E-state index in [9.17, 15) is 5.26 Å². The number of ether oxygens (including phenoxy) is 1. The van der Waals surface area contributed by atoms with E-state index in [0.29, 0.717) is 11.3 Å². The molecule has 10 rings (SSSR count). The first-order valence-electron chi connectivity index (χ1n) is 19.8. The van der Waals surface area contributed by atoms with Gasteiger partial charge >= 0.3 is 0 Å². The number of rotatable bonds is 6. The summed E-state index contributed by atoms with van der Waals surface area (Å²) in [5.41, 5.74) is 13.8. The standard InChI is InChI=1S/C54H38N4O/c1-33-25-37(32-55)26-34(2)53(33)57(39-15-8-6-9-16-39)41-23-24-44-48-30-46-42-19-12-13-20-43(42)49(31-47(46)45-21-14-22-50(52(45)48)59-51(44)29-41)58(40-17-10-7-11-18-40)54-35(3)27-38(56-5)28-36(54)4/h6-31H,1-4H3. The maximum atomic E-state index is 9.73. The first kappa shape index (κ1) is 35.5. The molecule has 0 spiro atoms. The average Bonchev–Trinajstić information content (AvgIpc) is 3.26. The minimum atomic E-state index is 0.639. The summed E-state index contributed by atoms with van der Waals surface area (Å²) in [4.78, 5) is 8.39. The molecule has 1 aliphatic heterocycles. The number of hydrogen-bond donors (Lipinski definition) is 0. The zero-order chi connectivity index (χ0) is 40.4. The van der Waals surface area contributed by atoms with Gasteiger partial charge in [-0.2, -0.15) is 5.26 Å². The molecule has 5 heteroatoms. The Hall–Kier alpha value is -7.86. The van der Waals surface area contributed by atoms with Gasteiger partial charge in [0.25, 0.3) is 0 Å². The fourth-order valence-corrected chi connectivity index (χ4v) is 9.24. The van der Waals surface area contributed by atoms with Crippen molar-refractivity contribution in [3.63, 3.8) is 0 Å². The van der Waals surface area contributed by atoms with Gasteiger partial charge in [-0.3, -0.25) is 0 Å². The van der Waals surface area contributed by atoms with E-state index < -0.39 is 0 Å². The molecule has 1 heterocycles. The van der Waals surface area contributed by atoms with Crippen molar-refractivity contribution in [2.45, 2.75) is 27.7 Å². The highest BCUT2D eigenvalue weighted by Crippen LogP contribution is 2.53. The number of hydrogen-bond acceptors (Lipinski definition) is 4. The van der Waals surface area contributed by atoms with Crippen LogP contribution in [0.15, 0.2) is 158 Å². The summed E-state index contributed by atoms with van der Waals surface area (Å²) in [5.74, 6) is 1.61. The molecule has 280 valence electrons. The van der Waals surface area contributed by atoms with Crippen LogP contribution in [0.4, 0.5) is 39.8 Å². The van der Waals surface area contributed by atoms with Crippen molar-refractivity contribution in [2.24, 2.45) is 0 Å². The van der Waals surface area contributed by atoms with Crippen LogP contribution in [0, 0.1) is 45.6 Å². The zero-order valence-corrected chi connectivity index (χ0v) is 33.2. The third-order valence-electron chi connectivity index (χ3n) is 11.6. The van der Waals surface area contributed by atoms with Gasteiger partial charge in [-0.25, -0.2) is 4.85 Å². The van der Waals surface area contributed by atoms with Gasteiger partial charge in [0.15, 0.2) is 5.69 Å². The van der Waals surface area contributed by atoms with Crippen molar-refractivity contribution in [3.8, 4) is 28.7 Å². The molecule has 0 saturated heterocycles. The molecule has 59 heavy (non-hydrogen) atoms. The third kappa shape index (κ3) is 5.75. The van der Waals surface area contributed by atoms with E-state index in [1.807, 2.05) is 36.4 Å². The van der Waals surface area contributed by atoms with Gasteiger partial charge in [-0.15, -0.1) is 0 Å². The molecular weight excluding hydrogens is 721 g/mol. The summed E-state index contributed by atoms with van der Waals surface area (Å²) < 4.78 is 6.91. The number of fused-ring (bicyclic) bond motifs is 6. The molecule has 0 saturated carbocycles. The summed E-state index contributed by atoms with van der Waals surface area (Å²) in [7, 11) is 0. The Kier molecular flexibility index (Phi) is 8.41. The molecule has 0 aliphatic carbocycles. The van der Waals surface area contributed by atoms with E-state index >= 15 is 0 Å². The van der Waals surface area contributed by atoms with E-state index in [2.05, 4.69) is 170 Å². The molecule has 0 amide bonds. The van der Waals surface area contributed by atoms with Gasteiger partial charge < -0.3 is 14.5 Å². The molecule has 0 fully saturated rings. The molecular formula is C54H38N4O. The number of para-hydroxylation sites is 2. The van der Waals surface area contributed by atoms with Crippen LogP contribution in [-0.4, -0.2) is 0 Å². The van der Waals surface area contributed by atoms with E-state index in [1.54, 1.807) is 0 Å². The third-order valence-corrected chi connectivity index (χ3v) is 11.6. The van der Waals surface area contributed by atoms with Crippen molar-refractivity contribution in [2.75, 3.05) is 9.80 Å². The Bertz CT molecular complexity index is 3220. The number of benzene rings is 9. The number of aryl methyl sites for hydroxylation is 4. The Balaban J connectivity index is 1.21. The van der Waals surface area contributed by atoms with E-state index in [4.69, 9.17) is 11.3 Å². The van der Waals surface area contributed by atoms with Gasteiger partial charge in [-0.05, 0) is 144 Å². The highest BCUT2D eigenvalue weighted by Gasteiger charge is 2.27. The smallest absolute Gasteiger partial charge is 0.187 e. The second-order valence-corrected chi connectivity index (χ2v) is 15.4. The van der Waals surface area contributed by atoms with Crippen molar-refractivity contribution in [1.82, 2.24) is 0 Å². The molecule has 0 unspecified atom stereocenters. The Labute approximate surface area is 344 Å². The van der Waals surface area contributed by atoms with Gasteiger partial charge in [0, 0.05) is 45.2 Å². The Morgan fingerprint density at radius 2 is 1.07 bits per heavy atom. The predicted octanol–water partition coefficient (Wildman–Crippen LogP) is 15.5. The lowest BCUT2D eigenvalue weighted by Gasteiger charge is -2.31. The second-order valence-electron chi connectivity index (χ2n) is 15.4. The molecule has 9 aromatic carbocycles. The molecule has 1 aliphatic rings. The predicted molar refractivity (Wildman–Crippen MR) is 244 cm³/mol. The topological polar surface area (TPSA) is 43.9 Å². The van der Waals surface area contributed by atoms with Gasteiger partial charge in [0.2, 0.25) is 0 Å². The minimum absolute atomic E-state index is 0.639. The maximum Gasteiger partial charge on any atom is 0.187 e. The Morgan fingerprint density at radius 1 is 0.492 bits per heavy atom. The van der Waals surface area contributed by atoms with E-state index in [-0.39, 0.29) is 0 Å². The molecule has 5 nitrogen and oxygen atoms in total. The van der Waals surface area contributed by atoms with Crippen LogP contribution < -0.4 is 14.5 Å². The minimum Gasteiger partial charge on any atom is -0.456 e. The summed E-state index contributed by atoms with van der Waals surface area (Å²) >= 11 is 0. The van der Waals surface area contributed by atoms with Crippen LogP contribution >= 0.6 is 0 Å². The van der Waals surface area contributed by atoms with Crippen LogP contribution in [0.25, 0.3) is 48.3 Å². The van der Waals surface area contributed by atoms with Gasteiger partial charge in [0.1, 0.15) is 11.5 Å². The van der Waals surface area contributed by atoms with Crippen LogP contribution in [0.2, 0.25) is 0 Å². The normalized spacial score (nSPS) is 11.5. The fraction of sp³-hybridized carbons (Fsp3) is 0.0741. The molecule has 0 bridgehead atoms. The fourth-order valence-electron chi connectivity index (χ4n) is 9.24. The van der Waals surface area contributed by atoms with E-state index in [1.165, 1.54) is 5.39 Å². The van der Waals surface area contributed by atoms with Crippen molar-refractivity contribution in [1.29, 1.82) is 5.26 Å². The second kappa shape index (κ2) is 14.0. The van der Waals surface area contributed by atoms with Crippen molar-refractivity contribution >= 4 is 72.1 Å². The summed E-state index contributed by atoms with van der Waals surface area (Å²) in [6, 6.07) is 57.4. The number of nitriles is 1. The molecule has 0 atom stereocenters. The summed E-state index contributed by atoms with van der Waals surface area (Å²) in [6.07, 6.45) is 0.